The Bertz CT molecular complexity index is 569. The van der Waals surface area contributed by atoms with Crippen LogP contribution in [0.3, 0.4) is 0 Å². The molecule has 1 N–H and O–H groups in total. The molecule has 1 aliphatic heterocycles. The molecule has 1 atom stereocenters. The van der Waals surface area contributed by atoms with Gasteiger partial charge in [0.05, 0.1) is 6.10 Å². The smallest absolute Gasteiger partial charge is 0.251 e. The van der Waals surface area contributed by atoms with Crippen molar-refractivity contribution in [2.75, 3.05) is 13.2 Å². The van der Waals surface area contributed by atoms with Gasteiger partial charge in [-0.05, 0) is 55.7 Å². The van der Waals surface area contributed by atoms with E-state index in [-0.39, 0.29) is 5.91 Å². The van der Waals surface area contributed by atoms with E-state index in [1.54, 1.807) is 0 Å². The Hall–Kier alpha value is -2.07. The molecule has 1 aromatic carbocycles. The van der Waals surface area contributed by atoms with Gasteiger partial charge in [-0.1, -0.05) is 0 Å². The molecule has 0 radical (unpaired) electrons. The van der Waals surface area contributed by atoms with Gasteiger partial charge in [-0.15, -0.1) is 0 Å². The molecule has 2 heterocycles. The zero-order chi connectivity index (χ0) is 14.5. The summed E-state index contributed by atoms with van der Waals surface area (Å²) in [7, 11) is 0. The molecule has 21 heavy (non-hydrogen) atoms. The third-order valence-corrected chi connectivity index (χ3v) is 3.81. The molecule has 0 saturated carbocycles. The van der Waals surface area contributed by atoms with Gasteiger partial charge in [-0.25, -0.2) is 0 Å². The lowest BCUT2D eigenvalue weighted by molar-refractivity contribution is 0.0907. The van der Waals surface area contributed by atoms with Crippen molar-refractivity contribution < 1.29 is 9.53 Å². The molecule has 4 nitrogen and oxygen atoms in total. The maximum absolute atomic E-state index is 12.1. The van der Waals surface area contributed by atoms with Crippen molar-refractivity contribution in [3.8, 4) is 5.69 Å². The summed E-state index contributed by atoms with van der Waals surface area (Å²) in [4.78, 5) is 12.1. The van der Waals surface area contributed by atoms with E-state index in [9.17, 15) is 4.79 Å². The lowest BCUT2D eigenvalue weighted by Crippen LogP contribution is -2.27. The number of amides is 1. The summed E-state index contributed by atoms with van der Waals surface area (Å²) >= 11 is 0. The van der Waals surface area contributed by atoms with Gasteiger partial charge in [0.1, 0.15) is 0 Å². The highest BCUT2D eigenvalue weighted by atomic mass is 16.5. The van der Waals surface area contributed by atoms with E-state index in [1.165, 1.54) is 0 Å². The summed E-state index contributed by atoms with van der Waals surface area (Å²) in [6.45, 7) is 1.53. The van der Waals surface area contributed by atoms with Gasteiger partial charge >= 0.3 is 0 Å². The first kappa shape index (κ1) is 13.9. The Morgan fingerprint density at radius 3 is 2.67 bits per heavy atom. The Balaban J connectivity index is 1.52. The summed E-state index contributed by atoms with van der Waals surface area (Å²) < 4.78 is 7.56. The van der Waals surface area contributed by atoms with Crippen LogP contribution in [-0.2, 0) is 4.74 Å². The number of benzene rings is 1. The van der Waals surface area contributed by atoms with Gasteiger partial charge in [0.2, 0.25) is 0 Å². The number of rotatable bonds is 5. The van der Waals surface area contributed by atoms with Crippen molar-refractivity contribution in [1.29, 1.82) is 0 Å². The molecule has 1 aliphatic rings. The number of aromatic nitrogens is 1. The second-order valence-electron chi connectivity index (χ2n) is 5.32. The van der Waals surface area contributed by atoms with Gasteiger partial charge in [-0.2, -0.15) is 0 Å². The highest BCUT2D eigenvalue weighted by molar-refractivity contribution is 5.94. The maximum Gasteiger partial charge on any atom is 0.251 e. The first-order valence-corrected chi connectivity index (χ1v) is 7.46. The number of nitrogens with one attached hydrogen (secondary N) is 1. The summed E-state index contributed by atoms with van der Waals surface area (Å²) in [5.74, 6) is -0.0212. The normalized spacial score (nSPS) is 17.8. The number of carbonyl (C=O) groups is 1. The topological polar surface area (TPSA) is 43.3 Å². The molecule has 1 unspecified atom stereocenters. The van der Waals surface area contributed by atoms with Gasteiger partial charge < -0.3 is 14.6 Å². The van der Waals surface area contributed by atoms with Crippen LogP contribution in [0, 0.1) is 0 Å². The molecule has 0 bridgehead atoms. The molecule has 3 rings (SSSR count). The van der Waals surface area contributed by atoms with Crippen LogP contribution in [-0.4, -0.2) is 29.7 Å². The Morgan fingerprint density at radius 1 is 1.24 bits per heavy atom. The van der Waals surface area contributed by atoms with Gasteiger partial charge in [0.25, 0.3) is 5.91 Å². The van der Waals surface area contributed by atoms with Crippen molar-refractivity contribution in [1.82, 2.24) is 9.88 Å². The van der Waals surface area contributed by atoms with Crippen LogP contribution >= 0.6 is 0 Å². The molecule has 2 aromatic rings. The van der Waals surface area contributed by atoms with Crippen LogP contribution in [0.1, 0.15) is 29.6 Å². The third kappa shape index (κ3) is 3.52. The van der Waals surface area contributed by atoms with Crippen molar-refractivity contribution >= 4 is 5.91 Å². The predicted octanol–water partition coefficient (Wildman–Crippen LogP) is 2.78. The van der Waals surface area contributed by atoms with E-state index >= 15 is 0 Å². The van der Waals surface area contributed by atoms with Crippen molar-refractivity contribution in [3.05, 3.63) is 54.4 Å². The molecule has 1 aromatic heterocycles. The first-order valence-electron chi connectivity index (χ1n) is 7.46. The van der Waals surface area contributed by atoms with E-state index < -0.39 is 0 Å². The lowest BCUT2D eigenvalue weighted by Gasteiger charge is -2.10. The fourth-order valence-corrected chi connectivity index (χ4v) is 2.61. The fourth-order valence-electron chi connectivity index (χ4n) is 2.61. The summed E-state index contributed by atoms with van der Waals surface area (Å²) in [6.07, 6.45) is 7.43. The van der Waals surface area contributed by atoms with E-state index in [4.69, 9.17) is 4.74 Å². The zero-order valence-electron chi connectivity index (χ0n) is 12.0. The largest absolute Gasteiger partial charge is 0.378 e. The molecular weight excluding hydrogens is 264 g/mol. The standard InChI is InChI=1S/C17H20N2O2/c20-17(18-10-9-16-4-3-13-21-16)14-5-7-15(8-6-14)19-11-1-2-12-19/h1-2,5-8,11-12,16H,3-4,9-10,13H2,(H,18,20). The Kier molecular flexibility index (Phi) is 4.36. The molecule has 4 heteroatoms. The lowest BCUT2D eigenvalue weighted by atomic mass is 10.1. The van der Waals surface area contributed by atoms with E-state index in [0.29, 0.717) is 18.2 Å². The predicted molar refractivity (Wildman–Crippen MR) is 81.7 cm³/mol. The monoisotopic (exact) mass is 284 g/mol. The number of hydrogen-bond donors (Lipinski definition) is 1. The molecule has 1 fully saturated rings. The Morgan fingerprint density at radius 2 is 2.00 bits per heavy atom. The van der Waals surface area contributed by atoms with Crippen molar-refractivity contribution in [2.24, 2.45) is 0 Å². The van der Waals surface area contributed by atoms with Crippen LogP contribution in [0.15, 0.2) is 48.8 Å². The maximum atomic E-state index is 12.1. The van der Waals surface area contributed by atoms with Gasteiger partial charge in [0.15, 0.2) is 0 Å². The molecule has 0 aliphatic carbocycles. The Labute approximate surface area is 124 Å². The third-order valence-electron chi connectivity index (χ3n) is 3.81. The van der Waals surface area contributed by atoms with Gasteiger partial charge in [0, 0.05) is 36.8 Å². The highest BCUT2D eigenvalue weighted by Crippen LogP contribution is 2.14. The highest BCUT2D eigenvalue weighted by Gasteiger charge is 2.15. The minimum absolute atomic E-state index is 0.0212. The molecule has 0 spiro atoms. The van der Waals surface area contributed by atoms with Crippen molar-refractivity contribution in [3.63, 3.8) is 0 Å². The first-order chi connectivity index (χ1) is 10.3. The van der Waals surface area contributed by atoms with E-state index in [2.05, 4.69) is 5.32 Å². The van der Waals surface area contributed by atoms with Gasteiger partial charge in [-0.3, -0.25) is 4.79 Å². The SMILES string of the molecule is O=C(NCCC1CCCO1)c1ccc(-n2cccc2)cc1. The fraction of sp³-hybridized carbons (Fsp3) is 0.353. The summed E-state index contributed by atoms with van der Waals surface area (Å²) in [5.41, 5.74) is 1.74. The second kappa shape index (κ2) is 6.59. The second-order valence-corrected chi connectivity index (χ2v) is 5.32. The minimum atomic E-state index is -0.0212. The van der Waals surface area contributed by atoms with Crippen LogP contribution in [0.2, 0.25) is 0 Å². The average molecular weight is 284 g/mol. The molecule has 110 valence electrons. The van der Waals surface area contributed by atoms with Crippen LogP contribution < -0.4 is 5.32 Å². The average Bonchev–Trinajstić information content (AvgIpc) is 3.21. The van der Waals surface area contributed by atoms with Crippen LogP contribution in [0.25, 0.3) is 5.69 Å². The summed E-state index contributed by atoms with van der Waals surface area (Å²) in [5, 5.41) is 2.95. The van der Waals surface area contributed by atoms with E-state index in [0.717, 1.165) is 31.6 Å². The number of carbonyl (C=O) groups excluding carboxylic acids is 1. The quantitative estimate of drug-likeness (QED) is 0.917. The number of ether oxygens (including phenoxy) is 1. The summed E-state index contributed by atoms with van der Waals surface area (Å²) in [6, 6.07) is 11.6. The zero-order valence-corrected chi connectivity index (χ0v) is 12.0. The molecule has 1 saturated heterocycles. The van der Waals surface area contributed by atoms with E-state index in [1.807, 2.05) is 53.4 Å². The molecular formula is C17H20N2O2. The van der Waals surface area contributed by atoms with Crippen molar-refractivity contribution in [2.45, 2.75) is 25.4 Å². The minimum Gasteiger partial charge on any atom is -0.378 e. The van der Waals surface area contributed by atoms with Crippen LogP contribution in [0.5, 0.6) is 0 Å². The van der Waals surface area contributed by atoms with Crippen LogP contribution in [0.4, 0.5) is 0 Å². The molecule has 1 amide bonds. The number of nitrogens with zero attached hydrogens (tertiary/aromatic N) is 1. The number of hydrogen-bond acceptors (Lipinski definition) is 2.